The summed E-state index contributed by atoms with van der Waals surface area (Å²) in [5, 5.41) is 11.1. The van der Waals surface area contributed by atoms with Gasteiger partial charge in [0, 0.05) is 18.5 Å². The molecule has 4 heterocycles. The van der Waals surface area contributed by atoms with Crippen LogP contribution in [0.15, 0.2) is 35.1 Å². The Morgan fingerprint density at radius 1 is 1.03 bits per heavy atom. The standard InChI is InChI=1S/C24H31N9O5S/c1-13(2)37-20(21-25-11-14(3)12-26-21)16(5)39(34,35)32-24-30-29-22(18-9-8-10-19(28-18)36-7)33(24)15(4)23-27-17(6)31-38-23/h8-13,15-16,20H,1-7H3,(H,30,32)/t15-,16?,20?/m0/s1. The number of ether oxygens (including phenoxy) is 2. The lowest BCUT2D eigenvalue weighted by molar-refractivity contribution is 0.00152. The summed E-state index contributed by atoms with van der Waals surface area (Å²) < 4.78 is 48.1. The normalized spacial score (nSPS) is 14.3. The Balaban J connectivity index is 1.75. The molecule has 0 saturated heterocycles. The highest BCUT2D eigenvalue weighted by Crippen LogP contribution is 2.31. The maximum absolute atomic E-state index is 13.7. The molecule has 4 aromatic rings. The number of nitrogens with zero attached hydrogens (tertiary/aromatic N) is 8. The number of aryl methyl sites for hydroxylation is 2. The van der Waals surface area contributed by atoms with E-state index in [9.17, 15) is 8.42 Å². The number of nitrogens with one attached hydrogen (secondary N) is 1. The lowest BCUT2D eigenvalue weighted by Crippen LogP contribution is -2.35. The molecular weight excluding hydrogens is 526 g/mol. The van der Waals surface area contributed by atoms with Crippen molar-refractivity contribution < 1.29 is 22.4 Å². The average molecular weight is 558 g/mol. The molecule has 4 aromatic heterocycles. The first-order valence-electron chi connectivity index (χ1n) is 12.2. The van der Waals surface area contributed by atoms with E-state index in [1.165, 1.54) is 18.6 Å². The summed E-state index contributed by atoms with van der Waals surface area (Å²) in [7, 11) is -2.63. The summed E-state index contributed by atoms with van der Waals surface area (Å²) in [6.45, 7) is 10.4. The number of methoxy groups -OCH3 is 1. The fourth-order valence-corrected chi connectivity index (χ4v) is 4.85. The smallest absolute Gasteiger partial charge is 0.249 e. The van der Waals surface area contributed by atoms with E-state index in [1.54, 1.807) is 44.4 Å². The van der Waals surface area contributed by atoms with Gasteiger partial charge in [-0.1, -0.05) is 11.2 Å². The number of sulfonamides is 1. The van der Waals surface area contributed by atoms with Gasteiger partial charge in [-0.2, -0.15) is 4.98 Å². The summed E-state index contributed by atoms with van der Waals surface area (Å²) in [5.41, 5.74) is 1.24. The third kappa shape index (κ3) is 6.20. The van der Waals surface area contributed by atoms with Crippen molar-refractivity contribution in [2.45, 2.75) is 65.0 Å². The van der Waals surface area contributed by atoms with Crippen molar-refractivity contribution in [3.8, 4) is 17.4 Å². The molecule has 0 fully saturated rings. The van der Waals surface area contributed by atoms with Crippen molar-refractivity contribution in [2.75, 3.05) is 11.8 Å². The van der Waals surface area contributed by atoms with Crippen LogP contribution < -0.4 is 9.46 Å². The molecule has 0 spiro atoms. The molecule has 4 rings (SSSR count). The van der Waals surface area contributed by atoms with Gasteiger partial charge in [0.1, 0.15) is 23.1 Å². The van der Waals surface area contributed by atoms with Gasteiger partial charge in [0.25, 0.3) is 0 Å². The van der Waals surface area contributed by atoms with Gasteiger partial charge in [0.05, 0.1) is 13.2 Å². The summed E-state index contributed by atoms with van der Waals surface area (Å²) in [4.78, 5) is 17.4. The Bertz CT molecular complexity index is 1520. The first kappa shape index (κ1) is 28.0. The van der Waals surface area contributed by atoms with E-state index in [1.807, 2.05) is 20.8 Å². The minimum absolute atomic E-state index is 0.0713. The van der Waals surface area contributed by atoms with Gasteiger partial charge in [-0.15, -0.1) is 10.2 Å². The molecule has 2 unspecified atom stereocenters. The largest absolute Gasteiger partial charge is 0.481 e. The van der Waals surface area contributed by atoms with Gasteiger partial charge < -0.3 is 14.0 Å². The Hall–Kier alpha value is -3.98. The highest BCUT2D eigenvalue weighted by Gasteiger charge is 2.36. The second-order valence-corrected chi connectivity index (χ2v) is 11.3. The summed E-state index contributed by atoms with van der Waals surface area (Å²) in [6, 6.07) is 4.47. The lowest BCUT2D eigenvalue weighted by Gasteiger charge is -2.25. The molecule has 0 aliphatic carbocycles. The third-order valence-corrected chi connectivity index (χ3v) is 7.46. The highest BCUT2D eigenvalue weighted by molar-refractivity contribution is 7.93. The first-order chi connectivity index (χ1) is 18.5. The number of aromatic nitrogens is 8. The monoisotopic (exact) mass is 557 g/mol. The fourth-order valence-electron chi connectivity index (χ4n) is 3.76. The highest BCUT2D eigenvalue weighted by atomic mass is 32.2. The minimum Gasteiger partial charge on any atom is -0.481 e. The Labute approximate surface area is 226 Å². The molecule has 1 N–H and O–H groups in total. The number of pyridine rings is 1. The van der Waals surface area contributed by atoms with Crippen LogP contribution in [0.1, 0.15) is 62.9 Å². The van der Waals surface area contributed by atoms with E-state index in [2.05, 4.69) is 40.0 Å². The third-order valence-electron chi connectivity index (χ3n) is 5.77. The van der Waals surface area contributed by atoms with Crippen LogP contribution in [0.3, 0.4) is 0 Å². The molecule has 208 valence electrons. The zero-order valence-electron chi connectivity index (χ0n) is 22.7. The molecule has 0 aromatic carbocycles. The molecule has 0 aliphatic rings. The summed E-state index contributed by atoms with van der Waals surface area (Å²) in [6.07, 6.45) is 2.00. The molecule has 0 amide bonds. The van der Waals surface area contributed by atoms with E-state index in [-0.39, 0.29) is 29.6 Å². The second kappa shape index (κ2) is 11.4. The molecule has 39 heavy (non-hydrogen) atoms. The van der Waals surface area contributed by atoms with Gasteiger partial charge >= 0.3 is 0 Å². The number of hydrogen-bond donors (Lipinski definition) is 1. The maximum atomic E-state index is 13.7. The van der Waals surface area contributed by atoms with Gasteiger partial charge in [-0.3, -0.25) is 9.29 Å². The molecular formula is C24H31N9O5S. The number of anilines is 1. The molecule has 3 atom stereocenters. The van der Waals surface area contributed by atoms with Gasteiger partial charge in [0.2, 0.25) is 27.7 Å². The van der Waals surface area contributed by atoms with Crippen LogP contribution in [0.2, 0.25) is 0 Å². The van der Waals surface area contributed by atoms with Crippen molar-refractivity contribution in [1.29, 1.82) is 0 Å². The summed E-state index contributed by atoms with van der Waals surface area (Å²) in [5.74, 6) is 1.46. The van der Waals surface area contributed by atoms with Crippen LogP contribution in [0, 0.1) is 13.8 Å². The quantitative estimate of drug-likeness (QED) is 0.286. The van der Waals surface area contributed by atoms with E-state index >= 15 is 0 Å². The zero-order chi connectivity index (χ0) is 28.3. The Morgan fingerprint density at radius 3 is 2.36 bits per heavy atom. The lowest BCUT2D eigenvalue weighted by atomic mass is 10.2. The van der Waals surface area contributed by atoms with E-state index < -0.39 is 27.4 Å². The van der Waals surface area contributed by atoms with E-state index in [4.69, 9.17) is 14.0 Å². The Morgan fingerprint density at radius 2 is 1.74 bits per heavy atom. The molecule has 0 aliphatic heterocycles. The van der Waals surface area contributed by atoms with Gasteiger partial charge in [-0.25, -0.2) is 23.4 Å². The van der Waals surface area contributed by atoms with Crippen molar-refractivity contribution in [3.05, 3.63) is 53.7 Å². The average Bonchev–Trinajstić information content (AvgIpc) is 3.53. The van der Waals surface area contributed by atoms with E-state index in [0.717, 1.165) is 5.56 Å². The number of hydrogen-bond acceptors (Lipinski definition) is 12. The predicted molar refractivity (Wildman–Crippen MR) is 140 cm³/mol. The van der Waals surface area contributed by atoms with Crippen LogP contribution in [0.5, 0.6) is 5.88 Å². The zero-order valence-corrected chi connectivity index (χ0v) is 23.5. The van der Waals surface area contributed by atoms with Crippen molar-refractivity contribution >= 4 is 16.0 Å². The summed E-state index contributed by atoms with van der Waals surface area (Å²) >= 11 is 0. The second-order valence-electron chi connectivity index (χ2n) is 9.21. The molecule has 0 bridgehead atoms. The molecule has 15 heteroatoms. The fraction of sp³-hybridized carbons (Fsp3) is 0.458. The Kier molecular flexibility index (Phi) is 8.20. The van der Waals surface area contributed by atoms with Crippen LogP contribution in [-0.2, 0) is 14.8 Å². The van der Waals surface area contributed by atoms with Gasteiger partial charge in [-0.05, 0) is 53.2 Å². The van der Waals surface area contributed by atoms with Crippen LogP contribution >= 0.6 is 0 Å². The van der Waals surface area contributed by atoms with Crippen LogP contribution in [-0.4, -0.2) is 66.7 Å². The SMILES string of the molecule is COc1cccc(-c2nnc(NS(=O)(=O)C(C)C(OC(C)C)c3ncc(C)cn3)n2[C@@H](C)c2nc(C)no2)n1. The molecule has 14 nitrogen and oxygen atoms in total. The number of rotatable bonds is 11. The van der Waals surface area contributed by atoms with Crippen molar-refractivity contribution in [1.82, 2.24) is 39.9 Å². The van der Waals surface area contributed by atoms with Gasteiger partial charge in [0.15, 0.2) is 17.5 Å². The molecule has 0 saturated carbocycles. The maximum Gasteiger partial charge on any atom is 0.249 e. The van der Waals surface area contributed by atoms with Crippen molar-refractivity contribution in [3.63, 3.8) is 0 Å². The van der Waals surface area contributed by atoms with Crippen LogP contribution in [0.25, 0.3) is 11.5 Å². The molecule has 0 radical (unpaired) electrons. The minimum atomic E-state index is -4.12. The van der Waals surface area contributed by atoms with Crippen molar-refractivity contribution in [2.24, 2.45) is 0 Å². The van der Waals surface area contributed by atoms with Crippen LogP contribution in [0.4, 0.5) is 5.95 Å². The topological polar surface area (TPSA) is 173 Å². The first-order valence-corrected chi connectivity index (χ1v) is 13.8. The van der Waals surface area contributed by atoms with E-state index in [0.29, 0.717) is 17.4 Å². The predicted octanol–water partition coefficient (Wildman–Crippen LogP) is 3.04.